The van der Waals surface area contributed by atoms with Crippen LogP contribution in [0.15, 0.2) is 24.3 Å². The summed E-state index contributed by atoms with van der Waals surface area (Å²) in [5.74, 6) is 0. The summed E-state index contributed by atoms with van der Waals surface area (Å²) in [5, 5.41) is 1.55. The van der Waals surface area contributed by atoms with Crippen molar-refractivity contribution in [2.75, 3.05) is 13.7 Å². The van der Waals surface area contributed by atoms with Crippen molar-refractivity contribution in [2.45, 2.75) is 37.6 Å². The molecule has 1 aromatic carbocycles. The van der Waals surface area contributed by atoms with E-state index in [1.807, 2.05) is 32.9 Å². The maximum atomic E-state index is 12.6. The molecule has 0 radical (unpaired) electrons. The Morgan fingerprint density at radius 2 is 1.86 bits per heavy atom. The first-order valence-corrected chi connectivity index (χ1v) is 8.66. The molecule has 0 unspecified atom stereocenters. The molecule has 5 nitrogen and oxygen atoms in total. The van der Waals surface area contributed by atoms with Gasteiger partial charge in [-0.3, -0.25) is 4.84 Å². The van der Waals surface area contributed by atoms with Crippen molar-refractivity contribution in [3.05, 3.63) is 34.9 Å². The SMILES string of the molecule is CN1OC[C@H](S(=O)(=O)NC(C)(C)C)[C@H]1c1ccc(Cl)cc1. The lowest BCUT2D eigenvalue weighted by Gasteiger charge is -2.27. The second-order valence-corrected chi connectivity index (χ2v) is 8.61. The van der Waals surface area contributed by atoms with Gasteiger partial charge < -0.3 is 0 Å². The molecule has 21 heavy (non-hydrogen) atoms. The minimum atomic E-state index is -3.51. The Labute approximate surface area is 131 Å². The highest BCUT2D eigenvalue weighted by Crippen LogP contribution is 2.34. The van der Waals surface area contributed by atoms with Crippen LogP contribution in [-0.2, 0) is 14.9 Å². The van der Waals surface area contributed by atoms with E-state index in [9.17, 15) is 8.42 Å². The first-order chi connectivity index (χ1) is 9.60. The van der Waals surface area contributed by atoms with Crippen LogP contribution in [0.25, 0.3) is 0 Å². The van der Waals surface area contributed by atoms with E-state index >= 15 is 0 Å². The van der Waals surface area contributed by atoms with Gasteiger partial charge in [0.25, 0.3) is 0 Å². The average Bonchev–Trinajstić information content (AvgIpc) is 2.70. The molecule has 1 aromatic rings. The van der Waals surface area contributed by atoms with Crippen molar-refractivity contribution in [3.8, 4) is 0 Å². The van der Waals surface area contributed by atoms with Gasteiger partial charge in [-0.2, -0.15) is 5.06 Å². The van der Waals surface area contributed by atoms with Crippen LogP contribution in [0.3, 0.4) is 0 Å². The lowest BCUT2D eigenvalue weighted by molar-refractivity contribution is -0.110. The minimum absolute atomic E-state index is 0.134. The van der Waals surface area contributed by atoms with Crippen LogP contribution in [0.4, 0.5) is 0 Å². The van der Waals surface area contributed by atoms with Gasteiger partial charge in [0.15, 0.2) is 0 Å². The Morgan fingerprint density at radius 1 is 1.29 bits per heavy atom. The highest BCUT2D eigenvalue weighted by molar-refractivity contribution is 7.90. The second-order valence-electron chi connectivity index (χ2n) is 6.27. The summed E-state index contributed by atoms with van der Waals surface area (Å²) in [6.45, 7) is 5.60. The van der Waals surface area contributed by atoms with Crippen LogP contribution in [-0.4, -0.2) is 37.9 Å². The minimum Gasteiger partial charge on any atom is -0.297 e. The van der Waals surface area contributed by atoms with E-state index in [4.69, 9.17) is 16.4 Å². The fraction of sp³-hybridized carbons (Fsp3) is 0.571. The summed E-state index contributed by atoms with van der Waals surface area (Å²) in [7, 11) is -1.77. The van der Waals surface area contributed by atoms with E-state index in [-0.39, 0.29) is 12.6 Å². The maximum Gasteiger partial charge on any atom is 0.219 e. The molecule has 1 aliphatic rings. The third-order valence-electron chi connectivity index (χ3n) is 3.24. The molecule has 0 spiro atoms. The van der Waals surface area contributed by atoms with E-state index in [1.165, 1.54) is 0 Å². The summed E-state index contributed by atoms with van der Waals surface area (Å²) in [4.78, 5) is 5.44. The molecule has 0 amide bonds. The molecule has 0 bridgehead atoms. The van der Waals surface area contributed by atoms with Gasteiger partial charge in [0, 0.05) is 17.6 Å². The first-order valence-electron chi connectivity index (χ1n) is 6.74. The predicted molar refractivity (Wildman–Crippen MR) is 83.5 cm³/mol. The van der Waals surface area contributed by atoms with Crippen molar-refractivity contribution in [3.63, 3.8) is 0 Å². The number of nitrogens with one attached hydrogen (secondary N) is 1. The predicted octanol–water partition coefficient (Wildman–Crippen LogP) is 2.34. The van der Waals surface area contributed by atoms with Gasteiger partial charge in [-0.15, -0.1) is 0 Å². The Kier molecular flexibility index (Phi) is 4.66. The Morgan fingerprint density at radius 3 is 2.38 bits per heavy atom. The number of sulfonamides is 1. The molecule has 0 saturated carbocycles. The molecule has 0 aromatic heterocycles. The highest BCUT2D eigenvalue weighted by Gasteiger charge is 2.44. The molecule has 1 heterocycles. The molecular weight excluding hydrogens is 312 g/mol. The fourth-order valence-corrected chi connectivity index (χ4v) is 4.48. The fourth-order valence-electron chi connectivity index (χ4n) is 2.44. The van der Waals surface area contributed by atoms with Crippen molar-refractivity contribution < 1.29 is 13.3 Å². The number of hydroxylamine groups is 2. The third kappa shape index (κ3) is 3.96. The van der Waals surface area contributed by atoms with E-state index in [0.29, 0.717) is 5.02 Å². The summed E-state index contributed by atoms with van der Waals surface area (Å²) in [6, 6.07) is 6.81. The van der Waals surface area contributed by atoms with Crippen LogP contribution >= 0.6 is 11.6 Å². The van der Waals surface area contributed by atoms with Crippen LogP contribution < -0.4 is 4.72 Å². The van der Waals surface area contributed by atoms with Gasteiger partial charge in [0.05, 0.1) is 12.6 Å². The van der Waals surface area contributed by atoms with Crippen LogP contribution in [0.2, 0.25) is 5.02 Å². The zero-order valence-corrected chi connectivity index (χ0v) is 14.2. The lowest BCUT2D eigenvalue weighted by Crippen LogP contribution is -2.47. The number of benzene rings is 1. The zero-order valence-electron chi connectivity index (χ0n) is 12.6. The smallest absolute Gasteiger partial charge is 0.219 e. The standard InChI is InChI=1S/C14H21ClN2O3S/c1-14(2,3)16-21(18,19)12-9-20-17(4)13(12)10-5-7-11(15)8-6-10/h5-8,12-13,16H,9H2,1-4H3/t12-,13+/m0/s1. The van der Waals surface area contributed by atoms with Crippen LogP contribution in [0.5, 0.6) is 0 Å². The third-order valence-corrected chi connectivity index (χ3v) is 5.58. The molecule has 1 fully saturated rings. The quantitative estimate of drug-likeness (QED) is 0.923. The van der Waals surface area contributed by atoms with Crippen molar-refractivity contribution in [1.29, 1.82) is 0 Å². The monoisotopic (exact) mass is 332 g/mol. The van der Waals surface area contributed by atoms with E-state index < -0.39 is 20.8 Å². The lowest BCUT2D eigenvalue weighted by atomic mass is 10.0. The molecule has 1 aliphatic heterocycles. The number of hydrogen-bond donors (Lipinski definition) is 1. The summed E-state index contributed by atoms with van der Waals surface area (Å²) in [6.07, 6.45) is 0. The second kappa shape index (κ2) is 5.85. The van der Waals surface area contributed by atoms with Gasteiger partial charge in [-0.1, -0.05) is 23.7 Å². The van der Waals surface area contributed by atoms with E-state index in [1.54, 1.807) is 24.2 Å². The topological polar surface area (TPSA) is 58.6 Å². The Balaban J connectivity index is 2.32. The molecule has 7 heteroatoms. The maximum absolute atomic E-state index is 12.6. The molecule has 1 saturated heterocycles. The van der Waals surface area contributed by atoms with E-state index in [2.05, 4.69) is 4.72 Å². The average molecular weight is 333 g/mol. The molecule has 0 aliphatic carbocycles. The number of hydrogen-bond acceptors (Lipinski definition) is 4. The van der Waals surface area contributed by atoms with Gasteiger partial charge in [-0.25, -0.2) is 13.1 Å². The van der Waals surface area contributed by atoms with Crippen LogP contribution in [0, 0.1) is 0 Å². The normalized spacial score (nSPS) is 24.4. The molecule has 118 valence electrons. The van der Waals surface area contributed by atoms with Crippen molar-refractivity contribution >= 4 is 21.6 Å². The molecular formula is C14H21ClN2O3S. The largest absolute Gasteiger partial charge is 0.297 e. The van der Waals surface area contributed by atoms with Crippen molar-refractivity contribution in [2.24, 2.45) is 0 Å². The highest BCUT2D eigenvalue weighted by atomic mass is 35.5. The number of rotatable bonds is 3. The molecule has 2 atom stereocenters. The number of halogens is 1. The Hall–Kier alpha value is -0.660. The number of nitrogens with zero attached hydrogens (tertiary/aromatic N) is 1. The van der Waals surface area contributed by atoms with Crippen LogP contribution in [0.1, 0.15) is 32.4 Å². The molecule has 2 rings (SSSR count). The molecule has 1 N–H and O–H groups in total. The summed E-state index contributed by atoms with van der Waals surface area (Å²) < 4.78 is 27.9. The zero-order chi connectivity index (χ0) is 15.8. The first kappa shape index (κ1) is 16.7. The summed E-state index contributed by atoms with van der Waals surface area (Å²) in [5.41, 5.74) is 0.341. The van der Waals surface area contributed by atoms with Gasteiger partial charge in [-0.05, 0) is 38.5 Å². The van der Waals surface area contributed by atoms with Gasteiger partial charge in [0.2, 0.25) is 10.0 Å². The van der Waals surface area contributed by atoms with Gasteiger partial charge >= 0.3 is 0 Å². The Bertz CT molecular complexity index is 596. The van der Waals surface area contributed by atoms with Gasteiger partial charge in [0.1, 0.15) is 5.25 Å². The summed E-state index contributed by atoms with van der Waals surface area (Å²) >= 11 is 5.89. The van der Waals surface area contributed by atoms with E-state index in [0.717, 1.165) is 5.56 Å². The van der Waals surface area contributed by atoms with Crippen molar-refractivity contribution in [1.82, 2.24) is 9.79 Å².